The number of rotatable bonds is 5. The Labute approximate surface area is 102 Å². The Morgan fingerprint density at radius 3 is 2.62 bits per heavy atom. The van der Waals surface area contributed by atoms with E-state index in [2.05, 4.69) is 6.92 Å². The van der Waals surface area contributed by atoms with Crippen molar-refractivity contribution >= 4 is 11.6 Å². The zero-order valence-corrected chi connectivity index (χ0v) is 10.5. The van der Waals surface area contributed by atoms with Crippen molar-refractivity contribution in [3.8, 4) is 5.75 Å². The Morgan fingerprint density at radius 1 is 1.44 bits per heavy atom. The van der Waals surface area contributed by atoms with E-state index in [4.69, 9.17) is 27.8 Å². The van der Waals surface area contributed by atoms with E-state index in [-0.39, 0.29) is 12.0 Å². The molecule has 0 bridgehead atoms. The Balaban J connectivity index is 3.04. The highest BCUT2D eigenvalue weighted by molar-refractivity contribution is 6.30. The second kappa shape index (κ2) is 6.09. The SMILES string of the molecule is CCC(CN)C(N)c1cc(Cl)ccc1OC. The zero-order chi connectivity index (χ0) is 12.1. The molecule has 4 N–H and O–H groups in total. The van der Waals surface area contributed by atoms with Crippen molar-refractivity contribution in [2.75, 3.05) is 13.7 Å². The second-order valence-electron chi connectivity index (χ2n) is 3.82. The predicted octanol–water partition coefficient (Wildman–Crippen LogP) is 2.33. The number of benzene rings is 1. The minimum Gasteiger partial charge on any atom is -0.496 e. The van der Waals surface area contributed by atoms with Gasteiger partial charge in [-0.05, 0) is 30.7 Å². The van der Waals surface area contributed by atoms with Crippen LogP contribution in [0, 0.1) is 5.92 Å². The molecule has 0 amide bonds. The normalized spacial score (nSPS) is 14.6. The zero-order valence-electron chi connectivity index (χ0n) is 9.74. The van der Waals surface area contributed by atoms with Crippen LogP contribution in [0.5, 0.6) is 5.75 Å². The van der Waals surface area contributed by atoms with Crippen LogP contribution < -0.4 is 16.2 Å². The van der Waals surface area contributed by atoms with E-state index in [9.17, 15) is 0 Å². The van der Waals surface area contributed by atoms with Crippen LogP contribution in [-0.4, -0.2) is 13.7 Å². The Morgan fingerprint density at radius 2 is 2.12 bits per heavy atom. The maximum Gasteiger partial charge on any atom is 0.123 e. The summed E-state index contributed by atoms with van der Waals surface area (Å²) >= 11 is 5.97. The van der Waals surface area contributed by atoms with Crippen molar-refractivity contribution in [2.24, 2.45) is 17.4 Å². The van der Waals surface area contributed by atoms with Crippen LogP contribution >= 0.6 is 11.6 Å². The first-order valence-electron chi connectivity index (χ1n) is 5.43. The van der Waals surface area contributed by atoms with E-state index in [0.29, 0.717) is 11.6 Å². The third kappa shape index (κ3) is 2.88. The average Bonchev–Trinajstić information content (AvgIpc) is 2.30. The number of ether oxygens (including phenoxy) is 1. The largest absolute Gasteiger partial charge is 0.496 e. The molecule has 2 atom stereocenters. The van der Waals surface area contributed by atoms with Crippen LogP contribution in [0.2, 0.25) is 5.02 Å². The molecule has 2 unspecified atom stereocenters. The maximum atomic E-state index is 6.19. The topological polar surface area (TPSA) is 61.3 Å². The van der Waals surface area contributed by atoms with Crippen LogP contribution in [0.1, 0.15) is 24.9 Å². The summed E-state index contributed by atoms with van der Waals surface area (Å²) in [5.74, 6) is 1.01. The van der Waals surface area contributed by atoms with Gasteiger partial charge in [0.15, 0.2) is 0 Å². The fourth-order valence-electron chi connectivity index (χ4n) is 1.79. The van der Waals surface area contributed by atoms with Gasteiger partial charge in [-0.15, -0.1) is 0 Å². The minimum atomic E-state index is -0.136. The monoisotopic (exact) mass is 242 g/mol. The van der Waals surface area contributed by atoms with Crippen LogP contribution in [0.25, 0.3) is 0 Å². The lowest BCUT2D eigenvalue weighted by atomic mass is 9.91. The summed E-state index contributed by atoms with van der Waals surface area (Å²) in [7, 11) is 1.63. The maximum absolute atomic E-state index is 6.19. The fraction of sp³-hybridized carbons (Fsp3) is 0.500. The second-order valence-corrected chi connectivity index (χ2v) is 4.25. The number of hydrogen-bond donors (Lipinski definition) is 2. The molecule has 0 aliphatic heterocycles. The molecular weight excluding hydrogens is 224 g/mol. The highest BCUT2D eigenvalue weighted by Gasteiger charge is 2.20. The van der Waals surface area contributed by atoms with E-state index in [1.807, 2.05) is 12.1 Å². The molecular formula is C12H19ClN2O. The van der Waals surface area contributed by atoms with Crippen molar-refractivity contribution in [2.45, 2.75) is 19.4 Å². The lowest BCUT2D eigenvalue weighted by Gasteiger charge is -2.23. The third-order valence-corrected chi connectivity index (χ3v) is 3.12. The minimum absolute atomic E-state index is 0.136. The molecule has 0 aliphatic rings. The van der Waals surface area contributed by atoms with Crippen LogP contribution in [-0.2, 0) is 0 Å². The molecule has 3 nitrogen and oxygen atoms in total. The molecule has 0 saturated carbocycles. The first-order valence-corrected chi connectivity index (χ1v) is 5.80. The van der Waals surface area contributed by atoms with E-state index in [1.165, 1.54) is 0 Å². The molecule has 0 heterocycles. The van der Waals surface area contributed by atoms with Gasteiger partial charge < -0.3 is 16.2 Å². The highest BCUT2D eigenvalue weighted by Crippen LogP contribution is 2.31. The third-order valence-electron chi connectivity index (χ3n) is 2.89. The Kier molecular flexibility index (Phi) is 5.06. The van der Waals surface area contributed by atoms with Gasteiger partial charge in [0, 0.05) is 16.6 Å². The Bertz CT molecular complexity index is 340. The molecule has 0 aromatic heterocycles. The predicted molar refractivity (Wildman–Crippen MR) is 67.8 cm³/mol. The number of methoxy groups -OCH3 is 1. The molecule has 0 spiro atoms. The van der Waals surface area contributed by atoms with Gasteiger partial charge in [0.05, 0.1) is 7.11 Å². The van der Waals surface area contributed by atoms with Crippen molar-refractivity contribution in [1.29, 1.82) is 0 Å². The van der Waals surface area contributed by atoms with Crippen LogP contribution in [0.3, 0.4) is 0 Å². The molecule has 90 valence electrons. The first-order chi connectivity index (χ1) is 7.63. The smallest absolute Gasteiger partial charge is 0.123 e. The molecule has 1 aromatic carbocycles. The summed E-state index contributed by atoms with van der Waals surface area (Å²) in [6.45, 7) is 2.64. The van der Waals surface area contributed by atoms with Gasteiger partial charge in [-0.2, -0.15) is 0 Å². The van der Waals surface area contributed by atoms with Gasteiger partial charge in [-0.3, -0.25) is 0 Å². The first kappa shape index (κ1) is 13.3. The number of hydrogen-bond acceptors (Lipinski definition) is 3. The van der Waals surface area contributed by atoms with Gasteiger partial charge in [-0.1, -0.05) is 24.9 Å². The Hall–Kier alpha value is -0.770. The molecule has 0 saturated heterocycles. The van der Waals surface area contributed by atoms with Gasteiger partial charge in [0.1, 0.15) is 5.75 Å². The summed E-state index contributed by atoms with van der Waals surface area (Å²) in [4.78, 5) is 0. The standard InChI is InChI=1S/C12H19ClN2O/c1-3-8(7-14)12(15)10-6-9(13)4-5-11(10)16-2/h4-6,8,12H,3,7,14-15H2,1-2H3. The molecule has 1 aromatic rings. The molecule has 0 fully saturated rings. The summed E-state index contributed by atoms with van der Waals surface area (Å²) in [5.41, 5.74) is 12.8. The van der Waals surface area contributed by atoms with Gasteiger partial charge in [0.2, 0.25) is 0 Å². The van der Waals surface area contributed by atoms with Crippen molar-refractivity contribution in [1.82, 2.24) is 0 Å². The summed E-state index contributed by atoms with van der Waals surface area (Å²) < 4.78 is 5.28. The van der Waals surface area contributed by atoms with E-state index < -0.39 is 0 Å². The summed E-state index contributed by atoms with van der Waals surface area (Å²) in [6, 6.07) is 5.34. The number of halogens is 1. The molecule has 16 heavy (non-hydrogen) atoms. The van der Waals surface area contributed by atoms with Crippen LogP contribution in [0.15, 0.2) is 18.2 Å². The van der Waals surface area contributed by atoms with Crippen LogP contribution in [0.4, 0.5) is 0 Å². The molecule has 0 radical (unpaired) electrons. The highest BCUT2D eigenvalue weighted by atomic mass is 35.5. The summed E-state index contributed by atoms with van der Waals surface area (Å²) in [5, 5.41) is 0.665. The fourth-order valence-corrected chi connectivity index (χ4v) is 1.97. The quantitative estimate of drug-likeness (QED) is 0.833. The van der Waals surface area contributed by atoms with Gasteiger partial charge in [0.25, 0.3) is 0 Å². The van der Waals surface area contributed by atoms with Gasteiger partial charge in [-0.25, -0.2) is 0 Å². The van der Waals surface area contributed by atoms with Crippen molar-refractivity contribution < 1.29 is 4.74 Å². The molecule has 1 rings (SSSR count). The van der Waals surface area contributed by atoms with E-state index in [0.717, 1.165) is 17.7 Å². The lowest BCUT2D eigenvalue weighted by Crippen LogP contribution is -2.27. The lowest BCUT2D eigenvalue weighted by molar-refractivity contribution is 0.380. The van der Waals surface area contributed by atoms with Crippen molar-refractivity contribution in [3.05, 3.63) is 28.8 Å². The number of nitrogens with two attached hydrogens (primary N) is 2. The average molecular weight is 243 g/mol. The van der Waals surface area contributed by atoms with Gasteiger partial charge >= 0.3 is 0 Å². The molecule has 0 aliphatic carbocycles. The van der Waals surface area contributed by atoms with E-state index >= 15 is 0 Å². The van der Waals surface area contributed by atoms with Crippen molar-refractivity contribution in [3.63, 3.8) is 0 Å². The van der Waals surface area contributed by atoms with E-state index in [1.54, 1.807) is 13.2 Å². The molecule has 4 heteroatoms. The summed E-state index contributed by atoms with van der Waals surface area (Å²) in [6.07, 6.45) is 0.938.